The number of nitrogens with one attached hydrogen (secondary N) is 1. The van der Waals surface area contributed by atoms with Crippen LogP contribution in [0.4, 0.5) is 0 Å². The van der Waals surface area contributed by atoms with Gasteiger partial charge in [-0.05, 0) is 25.1 Å². The number of aryl methyl sites for hydroxylation is 1. The van der Waals surface area contributed by atoms with Crippen LogP contribution in [-0.4, -0.2) is 24.2 Å². The molecule has 0 amide bonds. The number of methoxy groups -OCH3 is 2. The molecule has 22 heavy (non-hydrogen) atoms. The Morgan fingerprint density at radius 1 is 1.09 bits per heavy atom. The summed E-state index contributed by atoms with van der Waals surface area (Å²) in [5.41, 5.74) is 4.33. The number of aromatic amines is 1. The molecule has 3 rings (SSSR count). The normalized spacial score (nSPS) is 10.9. The van der Waals surface area contributed by atoms with Gasteiger partial charge in [0.25, 0.3) is 0 Å². The molecule has 1 N–H and O–H groups in total. The van der Waals surface area contributed by atoms with Crippen molar-refractivity contribution in [2.24, 2.45) is 0 Å². The zero-order valence-corrected chi connectivity index (χ0v) is 13.7. The average molecular weight is 314 g/mol. The summed E-state index contributed by atoms with van der Waals surface area (Å²) in [6.07, 6.45) is 0. The highest BCUT2D eigenvalue weighted by Gasteiger charge is 2.08. The summed E-state index contributed by atoms with van der Waals surface area (Å²) in [5, 5.41) is 0.895. The van der Waals surface area contributed by atoms with Crippen molar-refractivity contribution < 1.29 is 9.47 Å². The zero-order chi connectivity index (χ0) is 15.5. The van der Waals surface area contributed by atoms with Gasteiger partial charge >= 0.3 is 0 Å². The molecule has 0 fully saturated rings. The van der Waals surface area contributed by atoms with E-state index in [0.29, 0.717) is 0 Å². The van der Waals surface area contributed by atoms with E-state index in [-0.39, 0.29) is 0 Å². The molecular formula is C17H18N2O2S. The Hall–Kier alpha value is -2.14. The smallest absolute Gasteiger partial charge is 0.166 e. The Bertz CT molecular complexity index is 798. The summed E-state index contributed by atoms with van der Waals surface area (Å²) in [6.45, 7) is 2.08. The lowest BCUT2D eigenvalue weighted by atomic mass is 10.1. The Kier molecular flexibility index (Phi) is 4.24. The molecule has 0 saturated carbocycles. The van der Waals surface area contributed by atoms with Gasteiger partial charge in [-0.2, -0.15) is 0 Å². The number of benzene rings is 2. The SMILES string of the molecule is COc1ccc2nc(SCc3cc(C)ccc3OC)[nH]c2c1. The Morgan fingerprint density at radius 2 is 1.95 bits per heavy atom. The number of imidazole rings is 1. The number of H-pyrrole nitrogens is 1. The molecule has 1 aromatic heterocycles. The molecule has 0 saturated heterocycles. The number of rotatable bonds is 5. The fourth-order valence-corrected chi connectivity index (χ4v) is 3.19. The summed E-state index contributed by atoms with van der Waals surface area (Å²) < 4.78 is 10.7. The van der Waals surface area contributed by atoms with Crippen molar-refractivity contribution in [1.82, 2.24) is 9.97 Å². The molecule has 3 aromatic rings. The van der Waals surface area contributed by atoms with E-state index in [9.17, 15) is 0 Å². The third-order valence-electron chi connectivity index (χ3n) is 3.47. The van der Waals surface area contributed by atoms with Crippen molar-refractivity contribution in [3.05, 3.63) is 47.5 Å². The second-order valence-electron chi connectivity index (χ2n) is 5.03. The van der Waals surface area contributed by atoms with Crippen LogP contribution >= 0.6 is 11.8 Å². The number of nitrogens with zero attached hydrogens (tertiary/aromatic N) is 1. The average Bonchev–Trinajstić information content (AvgIpc) is 2.94. The molecule has 0 aliphatic heterocycles. The van der Waals surface area contributed by atoms with Gasteiger partial charge in [0.2, 0.25) is 0 Å². The van der Waals surface area contributed by atoms with Gasteiger partial charge < -0.3 is 14.5 Å². The number of hydrogen-bond acceptors (Lipinski definition) is 4. The molecule has 2 aromatic carbocycles. The predicted molar refractivity (Wildman–Crippen MR) is 89.9 cm³/mol. The van der Waals surface area contributed by atoms with E-state index in [0.717, 1.165) is 33.4 Å². The Morgan fingerprint density at radius 3 is 2.73 bits per heavy atom. The van der Waals surface area contributed by atoms with Crippen LogP contribution < -0.4 is 9.47 Å². The van der Waals surface area contributed by atoms with Gasteiger partial charge in [-0.3, -0.25) is 0 Å². The molecule has 4 nitrogen and oxygen atoms in total. The molecule has 0 radical (unpaired) electrons. The number of hydrogen-bond donors (Lipinski definition) is 1. The maximum atomic E-state index is 5.42. The first-order valence-corrected chi connectivity index (χ1v) is 7.98. The highest BCUT2D eigenvalue weighted by atomic mass is 32.2. The molecular weight excluding hydrogens is 296 g/mol. The fourth-order valence-electron chi connectivity index (χ4n) is 2.33. The van der Waals surface area contributed by atoms with Crippen molar-refractivity contribution in [3.63, 3.8) is 0 Å². The number of thioether (sulfide) groups is 1. The molecule has 5 heteroatoms. The Balaban J connectivity index is 1.80. The molecule has 0 aliphatic rings. The molecule has 0 spiro atoms. The highest BCUT2D eigenvalue weighted by molar-refractivity contribution is 7.98. The molecule has 0 aliphatic carbocycles. The second-order valence-corrected chi connectivity index (χ2v) is 5.99. The zero-order valence-electron chi connectivity index (χ0n) is 12.8. The van der Waals surface area contributed by atoms with Crippen molar-refractivity contribution >= 4 is 22.8 Å². The van der Waals surface area contributed by atoms with E-state index in [4.69, 9.17) is 9.47 Å². The van der Waals surface area contributed by atoms with Crippen molar-refractivity contribution in [3.8, 4) is 11.5 Å². The third-order valence-corrected chi connectivity index (χ3v) is 4.39. The van der Waals surface area contributed by atoms with Crippen molar-refractivity contribution in [1.29, 1.82) is 0 Å². The lowest BCUT2D eigenvalue weighted by Gasteiger charge is -2.08. The van der Waals surface area contributed by atoms with Crippen molar-refractivity contribution in [2.75, 3.05) is 14.2 Å². The van der Waals surface area contributed by atoms with Crippen molar-refractivity contribution in [2.45, 2.75) is 17.8 Å². The molecule has 114 valence electrons. The maximum Gasteiger partial charge on any atom is 0.166 e. The summed E-state index contributed by atoms with van der Waals surface area (Å²) in [7, 11) is 3.36. The van der Waals surface area contributed by atoms with E-state index in [2.05, 4.69) is 29.0 Å². The van der Waals surface area contributed by atoms with Crippen LogP contribution in [0.25, 0.3) is 11.0 Å². The quantitative estimate of drug-likeness (QED) is 0.718. The van der Waals surface area contributed by atoms with Crippen LogP contribution in [0.15, 0.2) is 41.6 Å². The number of ether oxygens (including phenoxy) is 2. The van der Waals surface area contributed by atoms with Crippen LogP contribution in [0.3, 0.4) is 0 Å². The second kappa shape index (κ2) is 6.32. The van der Waals surface area contributed by atoms with E-state index in [1.54, 1.807) is 26.0 Å². The van der Waals surface area contributed by atoms with E-state index >= 15 is 0 Å². The molecule has 0 unspecified atom stereocenters. The van der Waals surface area contributed by atoms with E-state index < -0.39 is 0 Å². The molecule has 0 atom stereocenters. The van der Waals surface area contributed by atoms with Crippen LogP contribution in [-0.2, 0) is 5.75 Å². The van der Waals surface area contributed by atoms with Crippen LogP contribution in [0, 0.1) is 6.92 Å². The summed E-state index contributed by atoms with van der Waals surface area (Å²) in [5.74, 6) is 2.55. The minimum atomic E-state index is 0.807. The highest BCUT2D eigenvalue weighted by Crippen LogP contribution is 2.29. The number of fused-ring (bicyclic) bond motifs is 1. The minimum Gasteiger partial charge on any atom is -0.497 e. The van der Waals surface area contributed by atoms with Crippen LogP contribution in [0.2, 0.25) is 0 Å². The van der Waals surface area contributed by atoms with E-state index in [1.807, 2.05) is 24.3 Å². The Labute approximate surface area is 133 Å². The fraction of sp³-hybridized carbons (Fsp3) is 0.235. The first kappa shape index (κ1) is 14.8. The lowest BCUT2D eigenvalue weighted by molar-refractivity contribution is 0.411. The standard InChI is InChI=1S/C17H18N2O2S/c1-11-4-7-16(21-3)12(8-11)10-22-17-18-14-6-5-13(20-2)9-15(14)19-17/h4-9H,10H2,1-3H3,(H,18,19). The first-order valence-electron chi connectivity index (χ1n) is 6.99. The topological polar surface area (TPSA) is 47.1 Å². The van der Waals surface area contributed by atoms with Gasteiger partial charge in [0.05, 0.1) is 25.3 Å². The van der Waals surface area contributed by atoms with Crippen LogP contribution in [0.1, 0.15) is 11.1 Å². The first-order chi connectivity index (χ1) is 10.7. The minimum absolute atomic E-state index is 0.807. The maximum absolute atomic E-state index is 5.42. The molecule has 1 heterocycles. The predicted octanol–water partition coefficient (Wildman–Crippen LogP) is 4.18. The largest absolute Gasteiger partial charge is 0.497 e. The van der Waals surface area contributed by atoms with Gasteiger partial charge in [0.1, 0.15) is 11.5 Å². The summed E-state index contributed by atoms with van der Waals surface area (Å²) in [4.78, 5) is 7.92. The summed E-state index contributed by atoms with van der Waals surface area (Å²) >= 11 is 1.66. The molecule has 0 bridgehead atoms. The van der Waals surface area contributed by atoms with E-state index in [1.165, 1.54) is 11.1 Å². The monoisotopic (exact) mass is 314 g/mol. The van der Waals surface area contributed by atoms with Gasteiger partial charge in [-0.1, -0.05) is 29.5 Å². The lowest BCUT2D eigenvalue weighted by Crippen LogP contribution is -1.91. The summed E-state index contributed by atoms with van der Waals surface area (Å²) in [6, 6.07) is 12.1. The third kappa shape index (κ3) is 3.04. The van der Waals surface area contributed by atoms with Gasteiger partial charge in [-0.25, -0.2) is 4.98 Å². The van der Waals surface area contributed by atoms with Gasteiger partial charge in [0.15, 0.2) is 5.16 Å². The van der Waals surface area contributed by atoms with Gasteiger partial charge in [0, 0.05) is 17.4 Å². The van der Waals surface area contributed by atoms with Gasteiger partial charge in [-0.15, -0.1) is 0 Å². The van der Waals surface area contributed by atoms with Crippen LogP contribution in [0.5, 0.6) is 11.5 Å². The number of aromatic nitrogens is 2.